The maximum Gasteiger partial charge on any atom is 0.236 e. The van der Waals surface area contributed by atoms with Gasteiger partial charge in [-0.2, -0.15) is 0 Å². The van der Waals surface area contributed by atoms with E-state index in [1.165, 1.54) is 11.4 Å². The lowest BCUT2D eigenvalue weighted by Gasteiger charge is -2.20. The number of nitrogens with zero attached hydrogens (tertiary/aromatic N) is 1. The molecule has 15 heavy (non-hydrogen) atoms. The summed E-state index contributed by atoms with van der Waals surface area (Å²) in [6.07, 6.45) is 0. The van der Waals surface area contributed by atoms with E-state index in [-0.39, 0.29) is 11.8 Å². The molecular weight excluding hydrogens is 212 g/mol. The van der Waals surface area contributed by atoms with Crippen LogP contribution in [0.4, 0.5) is 5.69 Å². The van der Waals surface area contributed by atoms with Gasteiger partial charge in [0.2, 0.25) is 10.0 Å². The largest absolute Gasteiger partial charge is 0.327 e. The Morgan fingerprint density at radius 3 is 2.33 bits per heavy atom. The second kappa shape index (κ2) is 4.63. The first-order valence-corrected chi connectivity index (χ1v) is 6.31. The molecule has 0 fully saturated rings. The van der Waals surface area contributed by atoms with E-state index in [4.69, 9.17) is 5.73 Å². The maximum absolute atomic E-state index is 11.8. The number of anilines is 1. The molecule has 0 aliphatic rings. The van der Waals surface area contributed by atoms with Crippen molar-refractivity contribution in [3.05, 3.63) is 30.3 Å². The lowest BCUT2D eigenvalue weighted by atomic mass is 10.3. The molecule has 5 heteroatoms. The van der Waals surface area contributed by atoms with Crippen molar-refractivity contribution in [3.8, 4) is 0 Å². The van der Waals surface area contributed by atoms with Crippen LogP contribution in [0.15, 0.2) is 30.3 Å². The Morgan fingerprint density at radius 1 is 1.33 bits per heavy atom. The van der Waals surface area contributed by atoms with E-state index in [2.05, 4.69) is 0 Å². The molecule has 4 nitrogen and oxygen atoms in total. The minimum Gasteiger partial charge on any atom is -0.327 e. The van der Waals surface area contributed by atoms with Crippen LogP contribution in [0.1, 0.15) is 6.92 Å². The summed E-state index contributed by atoms with van der Waals surface area (Å²) in [6.45, 7) is 1.68. The van der Waals surface area contributed by atoms with Crippen LogP contribution in [0.25, 0.3) is 0 Å². The second-order valence-corrected chi connectivity index (χ2v) is 5.60. The van der Waals surface area contributed by atoms with E-state index in [1.807, 2.05) is 6.07 Å². The van der Waals surface area contributed by atoms with E-state index in [9.17, 15) is 8.42 Å². The van der Waals surface area contributed by atoms with E-state index >= 15 is 0 Å². The van der Waals surface area contributed by atoms with Crippen molar-refractivity contribution in [2.45, 2.75) is 13.0 Å². The lowest BCUT2D eigenvalue weighted by Crippen LogP contribution is -2.36. The van der Waals surface area contributed by atoms with Gasteiger partial charge < -0.3 is 5.73 Å². The van der Waals surface area contributed by atoms with Crippen molar-refractivity contribution < 1.29 is 8.42 Å². The van der Waals surface area contributed by atoms with Crippen molar-refractivity contribution in [2.75, 3.05) is 17.1 Å². The highest BCUT2D eigenvalue weighted by Crippen LogP contribution is 2.15. The summed E-state index contributed by atoms with van der Waals surface area (Å²) in [6, 6.07) is 8.58. The van der Waals surface area contributed by atoms with Gasteiger partial charge in [-0.15, -0.1) is 0 Å². The number of sulfonamides is 1. The quantitative estimate of drug-likeness (QED) is 0.829. The van der Waals surface area contributed by atoms with Gasteiger partial charge in [0.1, 0.15) is 0 Å². The van der Waals surface area contributed by atoms with E-state index in [0.717, 1.165) is 0 Å². The Kier molecular flexibility index (Phi) is 3.71. The van der Waals surface area contributed by atoms with Gasteiger partial charge in [-0.05, 0) is 19.1 Å². The Hall–Kier alpha value is -1.07. The van der Waals surface area contributed by atoms with Gasteiger partial charge in [0.15, 0.2) is 0 Å². The van der Waals surface area contributed by atoms with Gasteiger partial charge in [-0.3, -0.25) is 4.31 Å². The fourth-order valence-corrected chi connectivity index (χ4v) is 2.57. The van der Waals surface area contributed by atoms with Crippen molar-refractivity contribution in [1.29, 1.82) is 0 Å². The van der Waals surface area contributed by atoms with Gasteiger partial charge in [0.05, 0.1) is 11.4 Å². The zero-order valence-corrected chi connectivity index (χ0v) is 9.74. The molecule has 84 valence electrons. The van der Waals surface area contributed by atoms with Crippen molar-refractivity contribution >= 4 is 15.7 Å². The molecular formula is C10H16N2O2S. The third-order valence-electron chi connectivity index (χ3n) is 2.01. The highest BCUT2D eigenvalue weighted by molar-refractivity contribution is 7.92. The number of rotatable bonds is 4. The van der Waals surface area contributed by atoms with Crippen LogP contribution in [0, 0.1) is 0 Å². The summed E-state index contributed by atoms with van der Waals surface area (Å²) in [7, 11) is -1.77. The average Bonchev–Trinajstić information content (AvgIpc) is 2.16. The summed E-state index contributed by atoms with van der Waals surface area (Å²) in [5.41, 5.74) is 6.14. The third kappa shape index (κ3) is 3.21. The second-order valence-electron chi connectivity index (χ2n) is 3.56. The number of hydrogen-bond acceptors (Lipinski definition) is 3. The number of hydrogen-bond donors (Lipinski definition) is 1. The zero-order chi connectivity index (χ0) is 11.5. The monoisotopic (exact) mass is 228 g/mol. The predicted octanol–water partition coefficient (Wildman–Crippen LogP) is 0.800. The molecule has 0 aliphatic heterocycles. The van der Waals surface area contributed by atoms with Crippen LogP contribution in [0.5, 0.6) is 0 Å². The summed E-state index contributed by atoms with van der Waals surface area (Å²) in [4.78, 5) is 0. The Balaban J connectivity index is 2.90. The average molecular weight is 228 g/mol. The topological polar surface area (TPSA) is 63.4 Å². The highest BCUT2D eigenvalue weighted by atomic mass is 32.2. The molecule has 1 aromatic rings. The first-order chi connectivity index (χ1) is 6.93. The standard InChI is InChI=1S/C10H16N2O2S/c1-9(11)8-15(13,14)12(2)10-6-4-3-5-7-10/h3-7,9H,8,11H2,1-2H3. The van der Waals surface area contributed by atoms with E-state index in [0.29, 0.717) is 5.69 Å². The number of benzene rings is 1. The summed E-state index contributed by atoms with van der Waals surface area (Å²) in [5, 5.41) is 0. The Labute approximate surface area is 90.8 Å². The van der Waals surface area contributed by atoms with Crippen molar-refractivity contribution in [2.24, 2.45) is 5.73 Å². The summed E-state index contributed by atoms with van der Waals surface area (Å²) < 4.78 is 24.8. The van der Waals surface area contributed by atoms with Gasteiger partial charge in [0.25, 0.3) is 0 Å². The number of para-hydroxylation sites is 1. The molecule has 0 radical (unpaired) electrons. The van der Waals surface area contributed by atoms with Gasteiger partial charge in [0, 0.05) is 13.1 Å². The molecule has 0 aliphatic carbocycles. The molecule has 0 amide bonds. The fraction of sp³-hybridized carbons (Fsp3) is 0.400. The lowest BCUT2D eigenvalue weighted by molar-refractivity contribution is 0.588. The predicted molar refractivity (Wildman–Crippen MR) is 62.3 cm³/mol. The number of nitrogens with two attached hydrogens (primary N) is 1. The summed E-state index contributed by atoms with van der Waals surface area (Å²) in [5.74, 6) is -0.0433. The third-order valence-corrected chi connectivity index (χ3v) is 4.00. The fourth-order valence-electron chi connectivity index (χ4n) is 1.24. The van der Waals surface area contributed by atoms with Gasteiger partial charge in [-0.1, -0.05) is 18.2 Å². The Morgan fingerprint density at radius 2 is 1.87 bits per heavy atom. The van der Waals surface area contributed by atoms with Crippen molar-refractivity contribution in [3.63, 3.8) is 0 Å². The first kappa shape index (κ1) is 12.0. The molecule has 1 atom stereocenters. The SMILES string of the molecule is CC(N)CS(=O)(=O)N(C)c1ccccc1. The van der Waals surface area contributed by atoms with Gasteiger partial charge in [-0.25, -0.2) is 8.42 Å². The first-order valence-electron chi connectivity index (χ1n) is 4.71. The molecule has 0 saturated carbocycles. The van der Waals surface area contributed by atoms with Gasteiger partial charge >= 0.3 is 0 Å². The van der Waals surface area contributed by atoms with Crippen LogP contribution in [-0.2, 0) is 10.0 Å². The molecule has 2 N–H and O–H groups in total. The molecule has 1 unspecified atom stereocenters. The molecule has 0 saturated heterocycles. The van der Waals surface area contributed by atoms with E-state index in [1.54, 1.807) is 31.2 Å². The molecule has 1 rings (SSSR count). The maximum atomic E-state index is 11.8. The molecule has 0 aromatic heterocycles. The molecule has 0 bridgehead atoms. The Bertz CT molecular complexity index is 401. The summed E-state index contributed by atoms with van der Waals surface area (Å²) >= 11 is 0. The van der Waals surface area contributed by atoms with Crippen LogP contribution >= 0.6 is 0 Å². The zero-order valence-electron chi connectivity index (χ0n) is 8.92. The van der Waals surface area contributed by atoms with Crippen LogP contribution < -0.4 is 10.0 Å². The van der Waals surface area contributed by atoms with Crippen LogP contribution in [0.2, 0.25) is 0 Å². The van der Waals surface area contributed by atoms with Crippen molar-refractivity contribution in [1.82, 2.24) is 0 Å². The minimum absolute atomic E-state index is 0.0433. The minimum atomic E-state index is -3.30. The van der Waals surface area contributed by atoms with Crippen LogP contribution in [-0.4, -0.2) is 27.3 Å². The van der Waals surface area contributed by atoms with E-state index < -0.39 is 10.0 Å². The molecule has 0 spiro atoms. The highest BCUT2D eigenvalue weighted by Gasteiger charge is 2.19. The molecule has 0 heterocycles. The smallest absolute Gasteiger partial charge is 0.236 e. The van der Waals surface area contributed by atoms with Crippen LogP contribution in [0.3, 0.4) is 0 Å². The normalized spacial score (nSPS) is 13.5. The molecule has 1 aromatic carbocycles.